The van der Waals surface area contributed by atoms with Crippen molar-refractivity contribution in [1.29, 1.82) is 0 Å². The average Bonchev–Trinajstić information content (AvgIpc) is 3.09. The van der Waals surface area contributed by atoms with Crippen molar-refractivity contribution in [3.63, 3.8) is 0 Å². The topological polar surface area (TPSA) is 96.7 Å². The molecule has 11 heteroatoms. The zero-order chi connectivity index (χ0) is 21.7. The predicted molar refractivity (Wildman–Crippen MR) is 124 cm³/mol. The number of nitrogens with one attached hydrogen (secondary N) is 2. The summed E-state index contributed by atoms with van der Waals surface area (Å²) in [5.74, 6) is 0.124. The van der Waals surface area contributed by atoms with E-state index in [-0.39, 0.29) is 16.7 Å². The number of carbonyl (C=O) groups excluding carboxylic acids is 2. The van der Waals surface area contributed by atoms with Crippen LogP contribution in [0.15, 0.2) is 32.8 Å². The van der Waals surface area contributed by atoms with Gasteiger partial charge in [-0.1, -0.05) is 47.1 Å². The summed E-state index contributed by atoms with van der Waals surface area (Å²) in [4.78, 5) is 26.4. The van der Waals surface area contributed by atoms with Crippen molar-refractivity contribution in [3.8, 4) is 0 Å². The lowest BCUT2D eigenvalue weighted by Gasteiger charge is -2.35. The van der Waals surface area contributed by atoms with Gasteiger partial charge >= 0.3 is 0 Å². The Hall–Kier alpha value is -0.840. The summed E-state index contributed by atoms with van der Waals surface area (Å²) in [6, 6.07) is 0. The van der Waals surface area contributed by atoms with E-state index in [1.54, 1.807) is 0 Å². The van der Waals surface area contributed by atoms with Crippen molar-refractivity contribution in [3.05, 3.63) is 32.8 Å². The van der Waals surface area contributed by atoms with E-state index < -0.39 is 5.91 Å². The summed E-state index contributed by atoms with van der Waals surface area (Å²) in [5, 5.41) is 7.35. The highest BCUT2D eigenvalue weighted by molar-refractivity contribution is 8.19. The molecule has 3 rings (SSSR count). The molecule has 30 heavy (non-hydrogen) atoms. The summed E-state index contributed by atoms with van der Waals surface area (Å²) in [6.07, 6.45) is 4.82. The second-order valence-electron chi connectivity index (χ2n) is 7.34. The normalized spacial score (nSPS) is 27.4. The quantitative estimate of drug-likeness (QED) is 0.477. The van der Waals surface area contributed by atoms with E-state index in [0.717, 1.165) is 31.8 Å². The van der Waals surface area contributed by atoms with E-state index >= 15 is 0 Å². The monoisotopic (exact) mass is 492 g/mol. The molecule has 4 N–H and O–H groups in total. The maximum absolute atomic E-state index is 12.2. The fraction of sp³-hybridized carbons (Fsp3) is 0.579. The molecule has 0 aromatic heterocycles. The molecular formula is C19H26Cl2N4O3S2. The van der Waals surface area contributed by atoms with Gasteiger partial charge in [0.25, 0.3) is 5.91 Å². The second kappa shape index (κ2) is 11.2. The number of halogens is 2. The van der Waals surface area contributed by atoms with Gasteiger partial charge in [-0.25, -0.2) is 0 Å². The van der Waals surface area contributed by atoms with Gasteiger partial charge in [0.1, 0.15) is 4.71 Å². The van der Waals surface area contributed by atoms with Crippen LogP contribution in [0.5, 0.6) is 0 Å². The number of amides is 2. The first-order chi connectivity index (χ1) is 14.3. The Labute approximate surface area is 195 Å². The number of hydrogen-bond donors (Lipinski definition) is 3. The Kier molecular flexibility index (Phi) is 8.85. The average molecular weight is 493 g/mol. The summed E-state index contributed by atoms with van der Waals surface area (Å²) < 4.78 is 5.72. The first-order valence-electron chi connectivity index (χ1n) is 9.71. The highest BCUT2D eigenvalue weighted by Gasteiger charge is 2.27. The van der Waals surface area contributed by atoms with Crippen LogP contribution in [0, 0.1) is 5.92 Å². The Bertz CT molecular complexity index is 775. The van der Waals surface area contributed by atoms with Gasteiger partial charge in [0.05, 0.1) is 33.4 Å². The van der Waals surface area contributed by atoms with E-state index in [9.17, 15) is 9.59 Å². The molecule has 0 bridgehead atoms. The van der Waals surface area contributed by atoms with Crippen LogP contribution < -0.4 is 16.4 Å². The van der Waals surface area contributed by atoms with E-state index in [4.69, 9.17) is 33.7 Å². The predicted octanol–water partition coefficient (Wildman–Crippen LogP) is 2.14. The number of ether oxygens (including phenoxy) is 1. The lowest BCUT2D eigenvalue weighted by molar-refractivity contribution is -0.119. The van der Waals surface area contributed by atoms with Crippen molar-refractivity contribution >= 4 is 58.5 Å². The Morgan fingerprint density at radius 2 is 2.23 bits per heavy atom. The number of thioether (sulfide) groups is 2. The largest absolute Gasteiger partial charge is 0.374 e. The van der Waals surface area contributed by atoms with Crippen LogP contribution in [-0.4, -0.2) is 66.1 Å². The van der Waals surface area contributed by atoms with Crippen molar-refractivity contribution in [2.45, 2.75) is 24.2 Å². The van der Waals surface area contributed by atoms with Gasteiger partial charge < -0.3 is 21.1 Å². The van der Waals surface area contributed by atoms with Crippen LogP contribution in [0.2, 0.25) is 0 Å². The zero-order valence-corrected chi connectivity index (χ0v) is 19.8. The smallest absolute Gasteiger partial charge is 0.256 e. The van der Waals surface area contributed by atoms with Gasteiger partial charge in [-0.3, -0.25) is 14.5 Å². The highest BCUT2D eigenvalue weighted by atomic mass is 35.5. The van der Waals surface area contributed by atoms with E-state index in [2.05, 4.69) is 15.5 Å². The van der Waals surface area contributed by atoms with E-state index in [1.165, 1.54) is 23.5 Å². The van der Waals surface area contributed by atoms with Crippen molar-refractivity contribution < 1.29 is 14.3 Å². The molecule has 0 saturated carbocycles. The van der Waals surface area contributed by atoms with Crippen LogP contribution >= 0.6 is 46.7 Å². The third-order valence-corrected chi connectivity index (χ3v) is 8.35. The number of allylic oxidation sites excluding steroid dienone is 4. The molecule has 0 aromatic carbocycles. The van der Waals surface area contributed by atoms with Gasteiger partial charge in [0.2, 0.25) is 5.91 Å². The first-order valence-corrected chi connectivity index (χ1v) is 12.4. The number of nitrogens with two attached hydrogens (primary N) is 1. The molecule has 3 aliphatic rings. The maximum atomic E-state index is 12.2. The molecule has 1 aliphatic carbocycles. The summed E-state index contributed by atoms with van der Waals surface area (Å²) in [5.41, 5.74) is 6.09. The Morgan fingerprint density at radius 1 is 1.43 bits per heavy atom. The number of primary amides is 1. The van der Waals surface area contributed by atoms with E-state index in [1.807, 2.05) is 19.1 Å². The lowest BCUT2D eigenvalue weighted by Crippen LogP contribution is -2.48. The van der Waals surface area contributed by atoms with Gasteiger partial charge in [0, 0.05) is 31.9 Å². The van der Waals surface area contributed by atoms with Gasteiger partial charge in [-0.05, 0) is 19.3 Å². The van der Waals surface area contributed by atoms with Crippen LogP contribution in [0.3, 0.4) is 0 Å². The van der Waals surface area contributed by atoms with Crippen molar-refractivity contribution in [1.82, 2.24) is 15.5 Å². The minimum absolute atomic E-state index is 0.0424. The van der Waals surface area contributed by atoms with Crippen LogP contribution in [0.1, 0.15) is 13.3 Å². The number of morpholine rings is 1. The minimum atomic E-state index is -0.443. The molecule has 2 heterocycles. The fourth-order valence-corrected chi connectivity index (χ4v) is 6.09. The molecule has 0 radical (unpaired) electrons. The number of hydrogen-bond acceptors (Lipinski definition) is 7. The molecule has 3 atom stereocenters. The number of nitrogens with zero attached hydrogens (tertiary/aromatic N) is 1. The molecule has 2 aliphatic heterocycles. The number of carbonyl (C=O) groups is 2. The number of rotatable bonds is 8. The standard InChI is InChI=1S/C19H26Cl2N4O3S2/c1-11-17(18(22)27)30-19(24-11)29-10-16(26)23-7-13-9-25(4-5-28-13)8-12-2-3-14(20)15(21)6-12/h3,6,12-13,19,24H,2,4-5,7-10H2,1H3,(H2,22,27)(H,23,26)/t12?,13-,19?/m0/s1. The minimum Gasteiger partial charge on any atom is -0.374 e. The molecule has 0 spiro atoms. The molecule has 2 amide bonds. The van der Waals surface area contributed by atoms with Crippen molar-refractivity contribution in [2.24, 2.45) is 11.7 Å². The summed E-state index contributed by atoms with van der Waals surface area (Å²) in [6.45, 7) is 5.43. The SMILES string of the molecule is CC1=C(C(N)=O)SC(SCC(=O)NC[C@H]2CN(CC3C=C(Cl)C(Cl)=CC3)CCO2)N1. The first kappa shape index (κ1) is 23.8. The van der Waals surface area contributed by atoms with Crippen LogP contribution in [0.4, 0.5) is 0 Å². The molecule has 0 aromatic rings. The maximum Gasteiger partial charge on any atom is 0.256 e. The Balaban J connectivity index is 1.35. The molecule has 7 nitrogen and oxygen atoms in total. The second-order valence-corrected chi connectivity index (χ2v) is 10.7. The lowest BCUT2D eigenvalue weighted by atomic mass is 9.99. The molecule has 1 saturated heterocycles. The zero-order valence-electron chi connectivity index (χ0n) is 16.7. The molecule has 1 fully saturated rings. The van der Waals surface area contributed by atoms with E-state index in [0.29, 0.717) is 39.8 Å². The fourth-order valence-electron chi connectivity index (χ4n) is 3.45. The molecular weight excluding hydrogens is 467 g/mol. The van der Waals surface area contributed by atoms with Gasteiger partial charge in [-0.15, -0.1) is 11.8 Å². The third kappa shape index (κ3) is 6.83. The Morgan fingerprint density at radius 3 is 2.93 bits per heavy atom. The molecule has 2 unspecified atom stereocenters. The van der Waals surface area contributed by atoms with Crippen molar-refractivity contribution in [2.75, 3.05) is 38.5 Å². The van der Waals surface area contributed by atoms with Gasteiger partial charge in [0.15, 0.2) is 0 Å². The van der Waals surface area contributed by atoms with Crippen LogP contribution in [0.25, 0.3) is 0 Å². The summed E-state index contributed by atoms with van der Waals surface area (Å²) >= 11 is 14.9. The van der Waals surface area contributed by atoms with Crippen LogP contribution in [-0.2, 0) is 14.3 Å². The summed E-state index contributed by atoms with van der Waals surface area (Å²) in [7, 11) is 0. The molecule has 166 valence electrons. The third-order valence-electron chi connectivity index (χ3n) is 4.94. The van der Waals surface area contributed by atoms with Gasteiger partial charge in [-0.2, -0.15) is 0 Å². The highest BCUT2D eigenvalue weighted by Crippen LogP contribution is 2.35.